The van der Waals surface area contributed by atoms with Crippen molar-refractivity contribution < 1.29 is 17.6 Å². The van der Waals surface area contributed by atoms with Crippen LogP contribution in [0.2, 0.25) is 0 Å². The van der Waals surface area contributed by atoms with Gasteiger partial charge in [-0.2, -0.15) is 23.4 Å². The van der Waals surface area contributed by atoms with Crippen molar-refractivity contribution in [2.75, 3.05) is 0 Å². The fraction of sp³-hybridized carbons (Fsp3) is 0.417. The standard InChI is InChI=1S/C12H18N4.C10H8F4.C2H6/c1-4-5-6-16-10(3)11(8-14-16)12-9(2)7-13-15-12;1-6(2)9-7(10(12,13)14)4-3-5-8(9)11;1-2/h7-8H,4-6H2,1-3H3,(H,13,15);3-5H,1H2,2H3;1-2H3. The summed E-state index contributed by atoms with van der Waals surface area (Å²) in [6.07, 6.45) is 1.59. The summed E-state index contributed by atoms with van der Waals surface area (Å²) >= 11 is 0. The lowest BCUT2D eigenvalue weighted by Gasteiger charge is -2.12. The maximum Gasteiger partial charge on any atom is 0.417 e. The van der Waals surface area contributed by atoms with E-state index in [2.05, 4.69) is 47.3 Å². The minimum atomic E-state index is -4.55. The Morgan fingerprint density at radius 1 is 1.16 bits per heavy atom. The molecule has 0 saturated carbocycles. The number of nitrogens with one attached hydrogen (secondary N) is 1. The molecule has 0 aliphatic rings. The van der Waals surface area contributed by atoms with Gasteiger partial charge in [0.15, 0.2) is 0 Å². The van der Waals surface area contributed by atoms with Gasteiger partial charge in [0.1, 0.15) is 5.82 Å². The van der Waals surface area contributed by atoms with Crippen LogP contribution in [0.5, 0.6) is 0 Å². The van der Waals surface area contributed by atoms with Crippen LogP contribution in [-0.2, 0) is 12.7 Å². The van der Waals surface area contributed by atoms with Gasteiger partial charge in [-0.25, -0.2) is 4.39 Å². The first kappa shape index (κ1) is 27.1. The number of allylic oxidation sites excluding steroid dienone is 1. The number of unbranched alkanes of at least 4 members (excludes halogenated alkanes) is 1. The average Bonchev–Trinajstić information content (AvgIpc) is 3.32. The molecule has 0 aliphatic heterocycles. The molecule has 8 heteroatoms. The molecule has 32 heavy (non-hydrogen) atoms. The highest BCUT2D eigenvalue weighted by Gasteiger charge is 2.34. The summed E-state index contributed by atoms with van der Waals surface area (Å²) in [5, 5.41) is 11.5. The van der Waals surface area contributed by atoms with Crippen molar-refractivity contribution in [3.63, 3.8) is 0 Å². The van der Waals surface area contributed by atoms with Crippen LogP contribution >= 0.6 is 0 Å². The van der Waals surface area contributed by atoms with Crippen molar-refractivity contribution in [3.05, 3.63) is 65.4 Å². The van der Waals surface area contributed by atoms with E-state index in [9.17, 15) is 17.6 Å². The zero-order valence-electron chi connectivity index (χ0n) is 19.6. The van der Waals surface area contributed by atoms with E-state index in [1.54, 1.807) is 0 Å². The van der Waals surface area contributed by atoms with Crippen LogP contribution in [0.3, 0.4) is 0 Å². The first-order chi connectivity index (χ1) is 15.1. The van der Waals surface area contributed by atoms with Gasteiger partial charge in [-0.3, -0.25) is 9.78 Å². The van der Waals surface area contributed by atoms with Crippen LogP contribution in [0.1, 0.15) is 62.9 Å². The monoisotopic (exact) mass is 452 g/mol. The third kappa shape index (κ3) is 6.80. The number of hydrogen-bond donors (Lipinski definition) is 1. The number of alkyl halides is 3. The Hall–Kier alpha value is -2.90. The first-order valence-electron chi connectivity index (χ1n) is 10.6. The minimum Gasteiger partial charge on any atom is -0.277 e. The molecule has 1 N–H and O–H groups in total. The lowest BCUT2D eigenvalue weighted by Crippen LogP contribution is -2.09. The summed E-state index contributed by atoms with van der Waals surface area (Å²) in [5.74, 6) is -0.896. The molecule has 2 heterocycles. The fourth-order valence-corrected chi connectivity index (χ4v) is 3.04. The summed E-state index contributed by atoms with van der Waals surface area (Å²) in [6.45, 7) is 16.0. The van der Waals surface area contributed by atoms with Crippen LogP contribution in [-0.4, -0.2) is 20.0 Å². The third-order valence-corrected chi connectivity index (χ3v) is 4.67. The highest BCUT2D eigenvalue weighted by Crippen LogP contribution is 2.35. The van der Waals surface area contributed by atoms with Crippen molar-refractivity contribution in [3.8, 4) is 11.3 Å². The van der Waals surface area contributed by atoms with E-state index < -0.39 is 23.1 Å². The van der Waals surface area contributed by atoms with Crippen LogP contribution in [0.15, 0.2) is 37.2 Å². The maximum atomic E-state index is 13.1. The van der Waals surface area contributed by atoms with Gasteiger partial charge >= 0.3 is 6.18 Å². The van der Waals surface area contributed by atoms with E-state index in [0.29, 0.717) is 0 Å². The highest BCUT2D eigenvalue weighted by atomic mass is 19.4. The molecule has 0 aliphatic carbocycles. The fourth-order valence-electron chi connectivity index (χ4n) is 3.04. The third-order valence-electron chi connectivity index (χ3n) is 4.67. The number of aromatic amines is 1. The maximum absolute atomic E-state index is 13.1. The highest BCUT2D eigenvalue weighted by molar-refractivity contribution is 5.65. The normalized spacial score (nSPS) is 10.7. The summed E-state index contributed by atoms with van der Waals surface area (Å²) in [6, 6.07) is 2.86. The molecule has 0 spiro atoms. The molecule has 176 valence electrons. The van der Waals surface area contributed by atoms with E-state index >= 15 is 0 Å². The van der Waals surface area contributed by atoms with Gasteiger partial charge < -0.3 is 0 Å². The van der Waals surface area contributed by atoms with E-state index in [-0.39, 0.29) is 5.57 Å². The van der Waals surface area contributed by atoms with Crippen molar-refractivity contribution in [1.29, 1.82) is 0 Å². The van der Waals surface area contributed by atoms with Crippen molar-refractivity contribution in [2.45, 2.75) is 67.1 Å². The predicted molar refractivity (Wildman–Crippen MR) is 122 cm³/mol. The van der Waals surface area contributed by atoms with Crippen LogP contribution in [0.4, 0.5) is 17.6 Å². The number of halogens is 4. The SMILES string of the molecule is C=C(C)c1c(F)cccc1C(F)(F)F.CC.CCCCn1ncc(-c2[nH]ncc2C)c1C. The Balaban J connectivity index is 0.000000300. The summed E-state index contributed by atoms with van der Waals surface area (Å²) in [5.41, 5.74) is 3.24. The smallest absolute Gasteiger partial charge is 0.277 e. The Bertz CT molecular complexity index is 1000. The van der Waals surface area contributed by atoms with Crippen molar-refractivity contribution in [2.24, 2.45) is 0 Å². The largest absolute Gasteiger partial charge is 0.417 e. The van der Waals surface area contributed by atoms with Crippen LogP contribution in [0, 0.1) is 19.7 Å². The molecule has 0 bridgehead atoms. The van der Waals surface area contributed by atoms with Gasteiger partial charge in [-0.05, 0) is 50.5 Å². The second-order valence-electron chi connectivity index (χ2n) is 7.09. The molecule has 3 rings (SSSR count). The lowest BCUT2D eigenvalue weighted by molar-refractivity contribution is -0.138. The molecule has 4 nitrogen and oxygen atoms in total. The molecule has 3 aromatic rings. The topological polar surface area (TPSA) is 46.5 Å². The predicted octanol–water partition coefficient (Wildman–Crippen LogP) is 7.59. The number of rotatable bonds is 5. The molecule has 0 radical (unpaired) electrons. The molecule has 0 fully saturated rings. The average molecular weight is 453 g/mol. The molecule has 0 amide bonds. The lowest BCUT2D eigenvalue weighted by atomic mass is 10.0. The molecule has 0 unspecified atom stereocenters. The number of nitrogens with zero attached hydrogens (tertiary/aromatic N) is 3. The zero-order valence-corrected chi connectivity index (χ0v) is 19.6. The number of H-pyrrole nitrogens is 1. The zero-order chi connectivity index (χ0) is 24.5. The van der Waals surface area contributed by atoms with Gasteiger partial charge in [0.25, 0.3) is 0 Å². The molecular formula is C24H32F4N4. The number of benzene rings is 1. The summed E-state index contributed by atoms with van der Waals surface area (Å²) in [4.78, 5) is 0. The van der Waals surface area contributed by atoms with Gasteiger partial charge in [-0.15, -0.1) is 0 Å². The van der Waals surface area contributed by atoms with Crippen LogP contribution in [0.25, 0.3) is 16.8 Å². The molecule has 2 aromatic heterocycles. The van der Waals surface area contributed by atoms with E-state index in [1.807, 2.05) is 26.2 Å². The molecular weight excluding hydrogens is 420 g/mol. The Kier molecular flexibility index (Phi) is 10.4. The van der Waals surface area contributed by atoms with Gasteiger partial charge in [0.05, 0.1) is 23.7 Å². The Morgan fingerprint density at radius 2 is 1.81 bits per heavy atom. The summed E-state index contributed by atoms with van der Waals surface area (Å²) < 4.78 is 52.3. The Labute approximate surface area is 187 Å². The molecule has 0 saturated heterocycles. The van der Waals surface area contributed by atoms with E-state index in [0.717, 1.165) is 41.6 Å². The summed E-state index contributed by atoms with van der Waals surface area (Å²) in [7, 11) is 0. The van der Waals surface area contributed by atoms with Gasteiger partial charge in [0, 0.05) is 23.4 Å². The van der Waals surface area contributed by atoms with E-state index in [4.69, 9.17) is 0 Å². The molecule has 0 atom stereocenters. The Morgan fingerprint density at radius 3 is 2.28 bits per heavy atom. The van der Waals surface area contributed by atoms with E-state index in [1.165, 1.54) is 25.5 Å². The second-order valence-corrected chi connectivity index (χ2v) is 7.09. The van der Waals surface area contributed by atoms with Gasteiger partial charge in [0.2, 0.25) is 0 Å². The number of aromatic nitrogens is 4. The van der Waals surface area contributed by atoms with Crippen LogP contribution < -0.4 is 0 Å². The van der Waals surface area contributed by atoms with Crippen molar-refractivity contribution in [1.82, 2.24) is 20.0 Å². The number of aryl methyl sites for hydroxylation is 2. The first-order valence-corrected chi connectivity index (χ1v) is 10.6. The minimum absolute atomic E-state index is 0.0652. The second kappa shape index (κ2) is 12.2. The quantitative estimate of drug-likeness (QED) is 0.405. The van der Waals surface area contributed by atoms with Gasteiger partial charge in [-0.1, -0.05) is 39.8 Å². The number of hydrogen-bond acceptors (Lipinski definition) is 2. The molecule has 1 aromatic carbocycles. The van der Waals surface area contributed by atoms with Crippen molar-refractivity contribution >= 4 is 5.57 Å².